The fourth-order valence-corrected chi connectivity index (χ4v) is 0.794. The molecule has 1 aromatic carbocycles. The van der Waals surface area contributed by atoms with E-state index in [0.717, 1.165) is 13.2 Å². The van der Waals surface area contributed by atoms with Crippen LogP contribution < -0.4 is 0 Å². The molecule has 1 heteroatoms. The minimum Gasteiger partial charge on any atom is -0.377 e. The van der Waals surface area contributed by atoms with Crippen molar-refractivity contribution in [2.24, 2.45) is 0 Å². The van der Waals surface area contributed by atoms with Crippen LogP contribution in [0, 0.1) is 0 Å². The number of allylic oxidation sites excluding steroid dienone is 1. The molecule has 0 spiro atoms. The smallest absolute Gasteiger partial charge is 0.0716 e. The third-order valence-corrected chi connectivity index (χ3v) is 1.32. The first-order valence-corrected chi connectivity index (χ1v) is 4.90. The van der Waals surface area contributed by atoms with E-state index in [1.807, 2.05) is 39.0 Å². The van der Waals surface area contributed by atoms with Crippen LogP contribution in [0.5, 0.6) is 0 Å². The van der Waals surface area contributed by atoms with Gasteiger partial charge in [0, 0.05) is 6.61 Å². The van der Waals surface area contributed by atoms with Crippen molar-refractivity contribution in [2.75, 3.05) is 6.61 Å². The highest BCUT2D eigenvalue weighted by Crippen LogP contribution is 1.99. The van der Waals surface area contributed by atoms with Crippen molar-refractivity contribution < 1.29 is 4.74 Å². The standard InChI is InChI=1S/C9H12O.C4H8/c1-2-10-8-9-6-4-3-5-7-9;1-4(2)3/h3-7H,2,8H2,1H3;1H2,2-3H3. The van der Waals surface area contributed by atoms with E-state index in [4.69, 9.17) is 4.74 Å². The Labute approximate surface area is 87.4 Å². The van der Waals surface area contributed by atoms with Crippen molar-refractivity contribution >= 4 is 0 Å². The maximum absolute atomic E-state index is 5.22. The molecule has 1 aromatic rings. The molecule has 0 unspecified atom stereocenters. The van der Waals surface area contributed by atoms with Gasteiger partial charge in [0.05, 0.1) is 6.61 Å². The van der Waals surface area contributed by atoms with Gasteiger partial charge in [0.1, 0.15) is 0 Å². The molecule has 0 amide bonds. The maximum atomic E-state index is 5.22. The second-order valence-electron chi connectivity index (χ2n) is 3.33. The summed E-state index contributed by atoms with van der Waals surface area (Å²) in [6.07, 6.45) is 0. The number of ether oxygens (including phenoxy) is 1. The summed E-state index contributed by atoms with van der Waals surface area (Å²) in [6, 6.07) is 10.2. The largest absolute Gasteiger partial charge is 0.377 e. The minimum atomic E-state index is 0.733. The lowest BCUT2D eigenvalue weighted by Gasteiger charge is -1.98. The molecule has 1 nitrogen and oxygen atoms in total. The van der Waals surface area contributed by atoms with E-state index >= 15 is 0 Å². The van der Waals surface area contributed by atoms with Crippen molar-refractivity contribution in [3.8, 4) is 0 Å². The first-order valence-electron chi connectivity index (χ1n) is 4.90. The van der Waals surface area contributed by atoms with Gasteiger partial charge in [-0.2, -0.15) is 0 Å². The summed E-state index contributed by atoms with van der Waals surface area (Å²) in [5.74, 6) is 0. The molecule has 0 aliphatic rings. The molecule has 78 valence electrons. The highest BCUT2D eigenvalue weighted by Gasteiger charge is 1.86. The maximum Gasteiger partial charge on any atom is 0.0716 e. The van der Waals surface area contributed by atoms with Crippen LogP contribution in [-0.2, 0) is 11.3 Å². The minimum absolute atomic E-state index is 0.733. The van der Waals surface area contributed by atoms with Gasteiger partial charge in [0.25, 0.3) is 0 Å². The number of hydrogen-bond donors (Lipinski definition) is 0. The Morgan fingerprint density at radius 2 is 1.71 bits per heavy atom. The van der Waals surface area contributed by atoms with Crippen LogP contribution in [0.1, 0.15) is 26.3 Å². The van der Waals surface area contributed by atoms with Gasteiger partial charge in [0.15, 0.2) is 0 Å². The monoisotopic (exact) mass is 192 g/mol. The highest BCUT2D eigenvalue weighted by atomic mass is 16.5. The van der Waals surface area contributed by atoms with E-state index in [2.05, 4.69) is 18.7 Å². The zero-order valence-corrected chi connectivity index (χ0v) is 9.42. The van der Waals surface area contributed by atoms with Crippen LogP contribution >= 0.6 is 0 Å². The molecule has 0 saturated carbocycles. The summed E-state index contributed by atoms with van der Waals surface area (Å²) in [5, 5.41) is 0. The molecule has 0 heterocycles. The van der Waals surface area contributed by atoms with Crippen molar-refractivity contribution in [2.45, 2.75) is 27.4 Å². The molecular weight excluding hydrogens is 172 g/mol. The molecule has 1 rings (SSSR count). The Balaban J connectivity index is 0.000000364. The number of hydrogen-bond acceptors (Lipinski definition) is 1. The van der Waals surface area contributed by atoms with Crippen LogP contribution in [-0.4, -0.2) is 6.61 Å². The second-order valence-corrected chi connectivity index (χ2v) is 3.33. The van der Waals surface area contributed by atoms with Crippen molar-refractivity contribution in [3.63, 3.8) is 0 Å². The van der Waals surface area contributed by atoms with E-state index in [0.29, 0.717) is 0 Å². The molecule has 0 bridgehead atoms. The molecule has 14 heavy (non-hydrogen) atoms. The zero-order chi connectivity index (χ0) is 10.8. The van der Waals surface area contributed by atoms with Gasteiger partial charge in [0.2, 0.25) is 0 Å². The van der Waals surface area contributed by atoms with Crippen LogP contribution in [0.25, 0.3) is 0 Å². The van der Waals surface area contributed by atoms with Gasteiger partial charge in [-0.3, -0.25) is 0 Å². The summed E-state index contributed by atoms with van der Waals surface area (Å²) >= 11 is 0. The normalized spacial score (nSPS) is 8.79. The lowest BCUT2D eigenvalue weighted by Crippen LogP contribution is -1.90. The number of rotatable bonds is 3. The Bertz CT molecular complexity index is 235. The highest BCUT2D eigenvalue weighted by molar-refractivity contribution is 5.13. The molecule has 0 N–H and O–H groups in total. The first-order chi connectivity index (χ1) is 6.66. The second kappa shape index (κ2) is 8.52. The Hall–Kier alpha value is -1.08. The summed E-state index contributed by atoms with van der Waals surface area (Å²) in [4.78, 5) is 0. The van der Waals surface area contributed by atoms with Gasteiger partial charge < -0.3 is 4.74 Å². The predicted molar refractivity (Wildman–Crippen MR) is 62.3 cm³/mol. The fourth-order valence-electron chi connectivity index (χ4n) is 0.794. The first kappa shape index (κ1) is 12.9. The Morgan fingerprint density at radius 1 is 1.21 bits per heavy atom. The zero-order valence-electron chi connectivity index (χ0n) is 9.42. The lowest BCUT2D eigenvalue weighted by molar-refractivity contribution is 0.134. The molecule has 0 fully saturated rings. The molecule has 0 aliphatic carbocycles. The molecule has 0 atom stereocenters. The van der Waals surface area contributed by atoms with E-state index in [-0.39, 0.29) is 0 Å². The van der Waals surface area contributed by atoms with Gasteiger partial charge in [-0.15, -0.1) is 6.58 Å². The molecular formula is C13H20O. The molecule has 0 aromatic heterocycles. The lowest BCUT2D eigenvalue weighted by atomic mass is 10.2. The van der Waals surface area contributed by atoms with Gasteiger partial charge in [-0.25, -0.2) is 0 Å². The Kier molecular flexibility index (Phi) is 7.86. The van der Waals surface area contributed by atoms with E-state index in [9.17, 15) is 0 Å². The van der Waals surface area contributed by atoms with Crippen molar-refractivity contribution in [1.29, 1.82) is 0 Å². The predicted octanol–water partition coefficient (Wildman–Crippen LogP) is 3.81. The summed E-state index contributed by atoms with van der Waals surface area (Å²) < 4.78 is 5.22. The van der Waals surface area contributed by atoms with Crippen LogP contribution in [0.3, 0.4) is 0 Å². The third kappa shape index (κ3) is 9.01. The van der Waals surface area contributed by atoms with Crippen LogP contribution in [0.2, 0.25) is 0 Å². The van der Waals surface area contributed by atoms with E-state index < -0.39 is 0 Å². The van der Waals surface area contributed by atoms with Crippen LogP contribution in [0.15, 0.2) is 42.5 Å². The third-order valence-electron chi connectivity index (χ3n) is 1.32. The molecule has 0 aliphatic heterocycles. The fraction of sp³-hybridized carbons (Fsp3) is 0.385. The Morgan fingerprint density at radius 3 is 2.14 bits per heavy atom. The molecule has 0 saturated heterocycles. The van der Waals surface area contributed by atoms with Gasteiger partial charge in [-0.1, -0.05) is 35.9 Å². The quantitative estimate of drug-likeness (QED) is 0.662. The van der Waals surface area contributed by atoms with Gasteiger partial charge in [-0.05, 0) is 26.3 Å². The van der Waals surface area contributed by atoms with Crippen molar-refractivity contribution in [3.05, 3.63) is 48.0 Å². The van der Waals surface area contributed by atoms with Gasteiger partial charge >= 0.3 is 0 Å². The van der Waals surface area contributed by atoms with Crippen molar-refractivity contribution in [1.82, 2.24) is 0 Å². The SMILES string of the molecule is C=C(C)C.CCOCc1ccccc1. The summed E-state index contributed by atoms with van der Waals surface area (Å²) in [7, 11) is 0. The average Bonchev–Trinajstić information content (AvgIpc) is 2.15. The average molecular weight is 192 g/mol. The summed E-state index contributed by atoms with van der Waals surface area (Å²) in [5.41, 5.74) is 2.41. The van der Waals surface area contributed by atoms with Crippen LogP contribution in [0.4, 0.5) is 0 Å². The molecule has 0 radical (unpaired) electrons. The topological polar surface area (TPSA) is 9.23 Å². The van der Waals surface area contributed by atoms with E-state index in [1.165, 1.54) is 11.1 Å². The van der Waals surface area contributed by atoms with E-state index in [1.54, 1.807) is 0 Å². The number of benzene rings is 1. The summed E-state index contributed by atoms with van der Waals surface area (Å²) in [6.45, 7) is 11.0.